The van der Waals surface area contributed by atoms with Crippen molar-refractivity contribution in [2.24, 2.45) is 5.92 Å². The molecule has 0 aromatic rings. The van der Waals surface area contributed by atoms with Gasteiger partial charge < -0.3 is 20.0 Å². The molecule has 1 aliphatic heterocycles. The second-order valence-corrected chi connectivity index (χ2v) is 5.78. The normalized spacial score (nSPS) is 22.4. The second-order valence-electron chi connectivity index (χ2n) is 5.78. The van der Waals surface area contributed by atoms with Gasteiger partial charge in [0, 0.05) is 25.6 Å². The summed E-state index contributed by atoms with van der Waals surface area (Å²) in [6.45, 7) is 6.96. The fourth-order valence-electron chi connectivity index (χ4n) is 2.66. The number of aliphatic carboxylic acids is 1. The number of nitrogens with zero attached hydrogens (tertiary/aromatic N) is 2. The molecular formula is C14H26N2O4. The number of aliphatic hydroxyl groups is 1. The number of carboxylic acids is 1. The van der Waals surface area contributed by atoms with Crippen LogP contribution in [0.4, 0.5) is 4.79 Å². The standard InChI is InChI=1S/C14H26N2O4/c1-10(2)15(7-4-5-13(18)19)14(20)16-8-6-11(3)12(16)9-17/h10-12,17H,4-9H2,1-3H3,(H,18,19). The Morgan fingerprint density at radius 1 is 1.40 bits per heavy atom. The summed E-state index contributed by atoms with van der Waals surface area (Å²) in [4.78, 5) is 26.6. The number of carbonyl (C=O) groups excluding carboxylic acids is 1. The van der Waals surface area contributed by atoms with Crippen molar-refractivity contribution in [3.63, 3.8) is 0 Å². The third kappa shape index (κ3) is 4.10. The third-order valence-electron chi connectivity index (χ3n) is 3.97. The van der Waals surface area contributed by atoms with Gasteiger partial charge in [-0.1, -0.05) is 6.92 Å². The molecule has 0 bridgehead atoms. The van der Waals surface area contributed by atoms with Crippen molar-refractivity contribution < 1.29 is 19.8 Å². The van der Waals surface area contributed by atoms with E-state index in [0.717, 1.165) is 6.42 Å². The van der Waals surface area contributed by atoms with Crippen LogP contribution in [0.1, 0.15) is 40.0 Å². The van der Waals surface area contributed by atoms with Crippen LogP contribution in [0, 0.1) is 5.92 Å². The van der Waals surface area contributed by atoms with Gasteiger partial charge in [-0.05, 0) is 32.6 Å². The SMILES string of the molecule is CC1CCN(C(=O)N(CCCC(=O)O)C(C)C)C1CO. The summed E-state index contributed by atoms with van der Waals surface area (Å²) < 4.78 is 0. The Morgan fingerprint density at radius 2 is 2.05 bits per heavy atom. The third-order valence-corrected chi connectivity index (χ3v) is 3.97. The summed E-state index contributed by atoms with van der Waals surface area (Å²) in [7, 11) is 0. The molecule has 6 nitrogen and oxygen atoms in total. The van der Waals surface area contributed by atoms with E-state index < -0.39 is 5.97 Å². The molecule has 2 unspecified atom stereocenters. The molecule has 2 amide bonds. The lowest BCUT2D eigenvalue weighted by molar-refractivity contribution is -0.137. The maximum Gasteiger partial charge on any atom is 0.320 e. The molecule has 1 rings (SSSR count). The molecule has 0 aliphatic carbocycles. The monoisotopic (exact) mass is 286 g/mol. The van der Waals surface area contributed by atoms with Crippen LogP contribution in [0.15, 0.2) is 0 Å². The van der Waals surface area contributed by atoms with E-state index in [0.29, 0.717) is 25.4 Å². The summed E-state index contributed by atoms with van der Waals surface area (Å²) in [6.07, 6.45) is 1.42. The van der Waals surface area contributed by atoms with Gasteiger partial charge in [-0.2, -0.15) is 0 Å². The van der Waals surface area contributed by atoms with Crippen molar-refractivity contribution in [3.8, 4) is 0 Å². The molecule has 1 heterocycles. The number of carboxylic acid groups (broad SMARTS) is 1. The van der Waals surface area contributed by atoms with E-state index >= 15 is 0 Å². The van der Waals surface area contributed by atoms with Crippen molar-refractivity contribution in [3.05, 3.63) is 0 Å². The van der Waals surface area contributed by atoms with E-state index in [1.165, 1.54) is 0 Å². The van der Waals surface area contributed by atoms with Gasteiger partial charge in [0.1, 0.15) is 0 Å². The lowest BCUT2D eigenvalue weighted by Gasteiger charge is -2.34. The molecule has 1 aliphatic rings. The number of hydrogen-bond donors (Lipinski definition) is 2. The number of urea groups is 1. The number of aliphatic hydroxyl groups excluding tert-OH is 1. The van der Waals surface area contributed by atoms with Gasteiger partial charge in [-0.25, -0.2) is 4.79 Å². The predicted molar refractivity (Wildman–Crippen MR) is 75.5 cm³/mol. The van der Waals surface area contributed by atoms with Gasteiger partial charge in [-0.15, -0.1) is 0 Å². The number of carbonyl (C=O) groups is 2. The highest BCUT2D eigenvalue weighted by atomic mass is 16.4. The largest absolute Gasteiger partial charge is 0.481 e. The maximum atomic E-state index is 12.6. The summed E-state index contributed by atoms with van der Waals surface area (Å²) in [5, 5.41) is 18.1. The van der Waals surface area contributed by atoms with Gasteiger partial charge in [0.15, 0.2) is 0 Å². The Balaban J connectivity index is 2.66. The molecule has 0 radical (unpaired) electrons. The molecule has 6 heteroatoms. The lowest BCUT2D eigenvalue weighted by Crippen LogP contribution is -2.50. The minimum Gasteiger partial charge on any atom is -0.481 e. The first-order valence-electron chi connectivity index (χ1n) is 7.28. The first-order chi connectivity index (χ1) is 9.38. The van der Waals surface area contributed by atoms with Crippen molar-refractivity contribution in [2.75, 3.05) is 19.7 Å². The number of rotatable bonds is 6. The average molecular weight is 286 g/mol. The highest BCUT2D eigenvalue weighted by Gasteiger charge is 2.36. The van der Waals surface area contributed by atoms with Crippen LogP contribution >= 0.6 is 0 Å². The Kier molecular flexibility index (Phi) is 6.26. The Bertz CT molecular complexity index is 346. The minimum atomic E-state index is -0.843. The van der Waals surface area contributed by atoms with Crippen molar-refractivity contribution in [2.45, 2.75) is 52.1 Å². The van der Waals surface area contributed by atoms with E-state index in [1.54, 1.807) is 9.80 Å². The highest BCUT2D eigenvalue weighted by molar-refractivity contribution is 5.75. The van der Waals surface area contributed by atoms with E-state index in [9.17, 15) is 14.7 Å². The molecule has 116 valence electrons. The van der Waals surface area contributed by atoms with Gasteiger partial charge >= 0.3 is 12.0 Å². The number of hydrogen-bond acceptors (Lipinski definition) is 3. The molecule has 1 fully saturated rings. The molecular weight excluding hydrogens is 260 g/mol. The smallest absolute Gasteiger partial charge is 0.320 e. The molecule has 1 saturated heterocycles. The zero-order valence-electron chi connectivity index (χ0n) is 12.6. The number of likely N-dealkylation sites (tertiary alicyclic amines) is 1. The van der Waals surface area contributed by atoms with Crippen molar-refractivity contribution in [1.82, 2.24) is 9.80 Å². The summed E-state index contributed by atoms with van der Waals surface area (Å²) in [5.41, 5.74) is 0. The minimum absolute atomic E-state index is 0.0199. The van der Waals surface area contributed by atoms with Gasteiger partial charge in [0.05, 0.1) is 12.6 Å². The topological polar surface area (TPSA) is 81.1 Å². The molecule has 0 aromatic heterocycles. The first kappa shape index (κ1) is 16.8. The van der Waals surface area contributed by atoms with Crippen LogP contribution in [-0.4, -0.2) is 63.8 Å². The van der Waals surface area contributed by atoms with Gasteiger partial charge in [0.25, 0.3) is 0 Å². The average Bonchev–Trinajstić information content (AvgIpc) is 2.74. The lowest BCUT2D eigenvalue weighted by atomic mass is 10.0. The Morgan fingerprint density at radius 3 is 2.55 bits per heavy atom. The number of amides is 2. The fourth-order valence-corrected chi connectivity index (χ4v) is 2.66. The first-order valence-corrected chi connectivity index (χ1v) is 7.28. The zero-order valence-corrected chi connectivity index (χ0v) is 12.6. The summed E-state index contributed by atoms with van der Waals surface area (Å²) in [5.74, 6) is -0.541. The van der Waals surface area contributed by atoms with E-state index in [2.05, 4.69) is 0 Å². The maximum absolute atomic E-state index is 12.6. The van der Waals surface area contributed by atoms with Gasteiger partial charge in [0.2, 0.25) is 0 Å². The van der Waals surface area contributed by atoms with Crippen LogP contribution in [0.3, 0.4) is 0 Å². The van der Waals surface area contributed by atoms with E-state index in [1.807, 2.05) is 20.8 Å². The Labute approximate surface area is 120 Å². The van der Waals surface area contributed by atoms with Crippen molar-refractivity contribution >= 4 is 12.0 Å². The zero-order chi connectivity index (χ0) is 15.3. The van der Waals surface area contributed by atoms with Crippen LogP contribution in [0.25, 0.3) is 0 Å². The van der Waals surface area contributed by atoms with Crippen LogP contribution in [0.2, 0.25) is 0 Å². The second kappa shape index (κ2) is 7.47. The molecule has 2 atom stereocenters. The predicted octanol–water partition coefficient (Wildman–Crippen LogP) is 1.38. The van der Waals surface area contributed by atoms with Gasteiger partial charge in [-0.3, -0.25) is 4.79 Å². The van der Waals surface area contributed by atoms with E-state index in [4.69, 9.17) is 5.11 Å². The molecule has 0 aromatic carbocycles. The quantitative estimate of drug-likeness (QED) is 0.773. The van der Waals surface area contributed by atoms with Crippen molar-refractivity contribution in [1.29, 1.82) is 0 Å². The van der Waals surface area contributed by atoms with Crippen LogP contribution < -0.4 is 0 Å². The van der Waals surface area contributed by atoms with Crippen LogP contribution in [0.5, 0.6) is 0 Å². The summed E-state index contributed by atoms with van der Waals surface area (Å²) >= 11 is 0. The highest BCUT2D eigenvalue weighted by Crippen LogP contribution is 2.25. The molecule has 20 heavy (non-hydrogen) atoms. The Hall–Kier alpha value is -1.30. The van der Waals surface area contributed by atoms with Crippen LogP contribution in [-0.2, 0) is 4.79 Å². The van der Waals surface area contributed by atoms with E-state index in [-0.39, 0.29) is 31.1 Å². The molecule has 0 saturated carbocycles. The fraction of sp³-hybridized carbons (Fsp3) is 0.857. The molecule has 2 N–H and O–H groups in total. The summed E-state index contributed by atoms with van der Waals surface area (Å²) in [6, 6.07) is -0.191. The molecule has 0 spiro atoms.